The zero-order valence-corrected chi connectivity index (χ0v) is 11.4. The van der Waals surface area contributed by atoms with E-state index in [1.807, 2.05) is 24.3 Å². The molecule has 0 radical (unpaired) electrons. The van der Waals surface area contributed by atoms with Crippen LogP contribution in [0.3, 0.4) is 0 Å². The zero-order valence-electron chi connectivity index (χ0n) is 11.4. The van der Waals surface area contributed by atoms with Crippen LogP contribution in [0.4, 0.5) is 5.69 Å². The van der Waals surface area contributed by atoms with Crippen LogP contribution in [0, 0.1) is 0 Å². The van der Waals surface area contributed by atoms with Gasteiger partial charge in [-0.2, -0.15) is 0 Å². The highest BCUT2D eigenvalue weighted by Gasteiger charge is 2.51. The highest BCUT2D eigenvalue weighted by atomic mass is 16.5. The Morgan fingerprint density at radius 1 is 1.32 bits per heavy atom. The quantitative estimate of drug-likeness (QED) is 0.823. The lowest BCUT2D eigenvalue weighted by Crippen LogP contribution is -2.59. The van der Waals surface area contributed by atoms with Crippen LogP contribution in [0.5, 0.6) is 5.75 Å². The van der Waals surface area contributed by atoms with E-state index < -0.39 is 5.54 Å². The average molecular weight is 265 g/mol. The molecule has 5 heteroatoms. The number of anilines is 1. The Morgan fingerprint density at radius 3 is 2.63 bits per heavy atom. The highest BCUT2D eigenvalue weighted by Crippen LogP contribution is 2.38. The molecule has 0 spiro atoms. The second kappa shape index (κ2) is 5.48. The third-order valence-corrected chi connectivity index (χ3v) is 3.52. The zero-order chi connectivity index (χ0) is 13.9. The van der Waals surface area contributed by atoms with Crippen LogP contribution in [0.2, 0.25) is 0 Å². The SMILES string of the molecule is COC(=O)C1(Nc2cccc(OC)c2)CC(OC)C1. The highest BCUT2D eigenvalue weighted by molar-refractivity contribution is 5.86. The Kier molecular flexibility index (Phi) is 3.95. The minimum Gasteiger partial charge on any atom is -0.497 e. The van der Waals surface area contributed by atoms with Gasteiger partial charge in [0.2, 0.25) is 0 Å². The van der Waals surface area contributed by atoms with Crippen molar-refractivity contribution in [1.82, 2.24) is 0 Å². The first-order valence-electron chi connectivity index (χ1n) is 6.17. The standard InChI is InChI=1S/C14H19NO4/c1-17-11-6-4-5-10(7-11)15-14(13(16)19-3)8-12(9-14)18-2/h4-7,12,15H,8-9H2,1-3H3. The molecule has 1 aromatic carbocycles. The van der Waals surface area contributed by atoms with Gasteiger partial charge in [-0.25, -0.2) is 4.79 Å². The lowest BCUT2D eigenvalue weighted by molar-refractivity contribution is -0.154. The summed E-state index contributed by atoms with van der Waals surface area (Å²) < 4.78 is 15.3. The topological polar surface area (TPSA) is 56.8 Å². The molecule has 0 bridgehead atoms. The average Bonchev–Trinajstić information content (AvgIpc) is 2.41. The molecule has 1 aliphatic rings. The Hall–Kier alpha value is -1.75. The summed E-state index contributed by atoms with van der Waals surface area (Å²) in [5.74, 6) is 0.483. The molecular weight excluding hydrogens is 246 g/mol. The van der Waals surface area contributed by atoms with Gasteiger partial charge in [0.05, 0.1) is 20.3 Å². The van der Waals surface area contributed by atoms with Crippen molar-refractivity contribution in [2.75, 3.05) is 26.6 Å². The Balaban J connectivity index is 2.15. The third-order valence-electron chi connectivity index (χ3n) is 3.52. The molecule has 0 saturated heterocycles. The lowest BCUT2D eigenvalue weighted by Gasteiger charge is -2.45. The van der Waals surface area contributed by atoms with Gasteiger partial charge in [-0.05, 0) is 12.1 Å². The number of hydrogen-bond donors (Lipinski definition) is 1. The van der Waals surface area contributed by atoms with Crippen LogP contribution < -0.4 is 10.1 Å². The molecule has 0 amide bonds. The molecule has 0 unspecified atom stereocenters. The maximum Gasteiger partial charge on any atom is 0.331 e. The van der Waals surface area contributed by atoms with Gasteiger partial charge in [0.15, 0.2) is 0 Å². The molecule has 1 saturated carbocycles. The predicted octanol–water partition coefficient (Wildman–Crippen LogP) is 1.83. The van der Waals surface area contributed by atoms with E-state index in [1.165, 1.54) is 7.11 Å². The number of benzene rings is 1. The minimum atomic E-state index is -0.693. The fourth-order valence-electron chi connectivity index (χ4n) is 2.38. The van der Waals surface area contributed by atoms with Crippen LogP contribution >= 0.6 is 0 Å². The first kappa shape index (κ1) is 13.7. The van der Waals surface area contributed by atoms with E-state index in [-0.39, 0.29) is 12.1 Å². The number of methoxy groups -OCH3 is 3. The number of esters is 1. The van der Waals surface area contributed by atoms with Crippen LogP contribution in [-0.2, 0) is 14.3 Å². The van der Waals surface area contributed by atoms with Gasteiger partial charge in [0.25, 0.3) is 0 Å². The molecule has 1 fully saturated rings. The molecule has 19 heavy (non-hydrogen) atoms. The van der Waals surface area contributed by atoms with Gasteiger partial charge >= 0.3 is 5.97 Å². The summed E-state index contributed by atoms with van der Waals surface area (Å²) in [6, 6.07) is 7.48. The van der Waals surface area contributed by atoms with Crippen molar-refractivity contribution in [1.29, 1.82) is 0 Å². The maximum atomic E-state index is 12.0. The van der Waals surface area contributed by atoms with Crippen molar-refractivity contribution < 1.29 is 19.0 Å². The summed E-state index contributed by atoms with van der Waals surface area (Å²) in [4.78, 5) is 12.0. The van der Waals surface area contributed by atoms with E-state index in [0.717, 1.165) is 11.4 Å². The molecular formula is C14H19NO4. The van der Waals surface area contributed by atoms with Crippen molar-refractivity contribution in [3.63, 3.8) is 0 Å². The van der Waals surface area contributed by atoms with Crippen LogP contribution in [0.15, 0.2) is 24.3 Å². The second-order valence-electron chi connectivity index (χ2n) is 4.70. The van der Waals surface area contributed by atoms with E-state index in [9.17, 15) is 4.79 Å². The number of carbonyl (C=O) groups excluding carboxylic acids is 1. The number of rotatable bonds is 5. The molecule has 2 rings (SSSR count). The summed E-state index contributed by atoms with van der Waals surface area (Å²) >= 11 is 0. The summed E-state index contributed by atoms with van der Waals surface area (Å²) in [7, 11) is 4.66. The first-order chi connectivity index (χ1) is 9.13. The van der Waals surface area contributed by atoms with E-state index in [4.69, 9.17) is 14.2 Å². The summed E-state index contributed by atoms with van der Waals surface area (Å²) in [5, 5.41) is 3.25. The molecule has 1 aliphatic carbocycles. The molecule has 0 heterocycles. The molecule has 5 nitrogen and oxygen atoms in total. The van der Waals surface area contributed by atoms with Gasteiger partial charge in [-0.3, -0.25) is 0 Å². The van der Waals surface area contributed by atoms with Gasteiger partial charge in [0.1, 0.15) is 11.3 Å². The van der Waals surface area contributed by atoms with E-state index in [2.05, 4.69) is 5.32 Å². The molecule has 1 N–H and O–H groups in total. The van der Waals surface area contributed by atoms with E-state index >= 15 is 0 Å². The minimum absolute atomic E-state index is 0.0946. The number of nitrogens with one attached hydrogen (secondary N) is 1. The van der Waals surface area contributed by atoms with Gasteiger partial charge in [-0.15, -0.1) is 0 Å². The number of carbonyl (C=O) groups is 1. The largest absolute Gasteiger partial charge is 0.497 e. The van der Waals surface area contributed by atoms with Crippen LogP contribution in [-0.4, -0.2) is 38.9 Å². The fraction of sp³-hybridized carbons (Fsp3) is 0.500. The molecule has 0 aliphatic heterocycles. The number of ether oxygens (including phenoxy) is 3. The monoisotopic (exact) mass is 265 g/mol. The van der Waals surface area contributed by atoms with Gasteiger partial charge in [0, 0.05) is 31.7 Å². The first-order valence-corrected chi connectivity index (χ1v) is 6.17. The van der Waals surface area contributed by atoms with E-state index in [0.29, 0.717) is 12.8 Å². The second-order valence-corrected chi connectivity index (χ2v) is 4.70. The van der Waals surface area contributed by atoms with Crippen molar-refractivity contribution in [2.24, 2.45) is 0 Å². The normalized spacial score (nSPS) is 25.3. The maximum absolute atomic E-state index is 12.0. The van der Waals surface area contributed by atoms with Gasteiger partial charge < -0.3 is 19.5 Å². The predicted molar refractivity (Wildman–Crippen MR) is 71.4 cm³/mol. The molecule has 0 atom stereocenters. The van der Waals surface area contributed by atoms with Gasteiger partial charge in [-0.1, -0.05) is 6.07 Å². The molecule has 104 valence electrons. The smallest absolute Gasteiger partial charge is 0.331 e. The van der Waals surface area contributed by atoms with Crippen LogP contribution in [0.1, 0.15) is 12.8 Å². The van der Waals surface area contributed by atoms with Crippen molar-refractivity contribution in [3.05, 3.63) is 24.3 Å². The number of hydrogen-bond acceptors (Lipinski definition) is 5. The van der Waals surface area contributed by atoms with Crippen LogP contribution in [0.25, 0.3) is 0 Å². The summed E-state index contributed by atoms with van der Waals surface area (Å²) in [6.45, 7) is 0. The van der Waals surface area contributed by atoms with Crippen molar-refractivity contribution in [3.8, 4) is 5.75 Å². The molecule has 1 aromatic rings. The van der Waals surface area contributed by atoms with E-state index in [1.54, 1.807) is 14.2 Å². The third kappa shape index (κ3) is 2.66. The Morgan fingerprint density at radius 2 is 2.05 bits per heavy atom. The summed E-state index contributed by atoms with van der Waals surface area (Å²) in [6.07, 6.45) is 1.30. The summed E-state index contributed by atoms with van der Waals surface area (Å²) in [5.41, 5.74) is 0.140. The van der Waals surface area contributed by atoms with Crippen molar-refractivity contribution in [2.45, 2.75) is 24.5 Å². The fourth-order valence-corrected chi connectivity index (χ4v) is 2.38. The Labute approximate surface area is 112 Å². The Bertz CT molecular complexity index is 455. The van der Waals surface area contributed by atoms with Crippen molar-refractivity contribution >= 4 is 11.7 Å². The lowest BCUT2D eigenvalue weighted by atomic mass is 9.74. The molecule has 0 aromatic heterocycles.